The Bertz CT molecular complexity index is 1260. The summed E-state index contributed by atoms with van der Waals surface area (Å²) in [6.45, 7) is 11.5. The molecule has 1 fully saturated rings. The molecule has 0 spiro atoms. The van der Waals surface area contributed by atoms with E-state index in [-0.39, 0.29) is 40.4 Å². The van der Waals surface area contributed by atoms with Crippen LogP contribution in [0.1, 0.15) is 87.2 Å². The standard InChI is InChI=1S/C26H33ClFN5O2/c1-13(2)35-23-18(16(5)25-31-17(6)22-24(29)30-10-11-32(22)25)12-19(27)21(28)20(23)26(34)33-14(3)8-7-9-15(33)4/h10-16H,7-9H2,1-6H3,(H2,29,30). The van der Waals surface area contributed by atoms with Gasteiger partial charge in [-0.1, -0.05) is 18.5 Å². The highest BCUT2D eigenvalue weighted by atomic mass is 35.5. The molecule has 0 saturated carbocycles. The fraction of sp³-hybridized carbons (Fsp3) is 0.500. The average Bonchev–Trinajstić information content (AvgIpc) is 3.13. The molecule has 1 amide bonds. The molecule has 2 N–H and O–H groups in total. The number of rotatable bonds is 5. The number of benzene rings is 1. The molecule has 1 saturated heterocycles. The van der Waals surface area contributed by atoms with Crippen LogP contribution in [0.25, 0.3) is 5.52 Å². The number of piperidine rings is 1. The number of anilines is 1. The first-order valence-corrected chi connectivity index (χ1v) is 12.5. The summed E-state index contributed by atoms with van der Waals surface area (Å²) < 4.78 is 23.7. The van der Waals surface area contributed by atoms with Crippen LogP contribution in [-0.2, 0) is 0 Å². The number of carbonyl (C=O) groups excluding carboxylic acids is 1. The zero-order valence-corrected chi connectivity index (χ0v) is 21.9. The second-order valence-corrected chi connectivity index (χ2v) is 10.2. The van der Waals surface area contributed by atoms with Crippen molar-refractivity contribution < 1.29 is 13.9 Å². The maximum Gasteiger partial charge on any atom is 0.261 e. The minimum absolute atomic E-state index is 0.00762. The van der Waals surface area contributed by atoms with Crippen LogP contribution in [0.5, 0.6) is 5.75 Å². The molecule has 3 unspecified atom stereocenters. The van der Waals surface area contributed by atoms with Crippen molar-refractivity contribution in [3.05, 3.63) is 51.9 Å². The Hall–Kier alpha value is -2.87. The molecule has 3 atom stereocenters. The van der Waals surface area contributed by atoms with E-state index in [2.05, 4.69) is 4.98 Å². The van der Waals surface area contributed by atoms with Gasteiger partial charge in [0.05, 0.1) is 16.8 Å². The van der Waals surface area contributed by atoms with Crippen molar-refractivity contribution in [3.8, 4) is 5.75 Å². The number of aromatic nitrogens is 3. The van der Waals surface area contributed by atoms with E-state index in [1.807, 2.05) is 45.9 Å². The Balaban J connectivity index is 1.92. The SMILES string of the molecule is Cc1nc(C(C)c2cc(Cl)c(F)c(C(=O)N3C(C)CCCC3C)c2OC(C)C)n2ccnc(N)c12. The first kappa shape index (κ1) is 25.2. The Morgan fingerprint density at radius 2 is 1.91 bits per heavy atom. The molecular formula is C26H33ClFN5O2. The number of amides is 1. The van der Waals surface area contributed by atoms with E-state index < -0.39 is 11.7 Å². The quantitative estimate of drug-likeness (QED) is 0.480. The monoisotopic (exact) mass is 501 g/mol. The van der Waals surface area contributed by atoms with Crippen LogP contribution >= 0.6 is 11.6 Å². The highest BCUT2D eigenvalue weighted by Gasteiger charge is 2.36. The van der Waals surface area contributed by atoms with E-state index >= 15 is 4.39 Å². The second kappa shape index (κ2) is 9.64. The van der Waals surface area contributed by atoms with E-state index in [4.69, 9.17) is 27.1 Å². The summed E-state index contributed by atoms with van der Waals surface area (Å²) in [5.41, 5.74) is 8.01. The molecule has 35 heavy (non-hydrogen) atoms. The first-order valence-electron chi connectivity index (χ1n) is 12.1. The predicted molar refractivity (Wildman–Crippen MR) is 136 cm³/mol. The third kappa shape index (κ3) is 4.44. The van der Waals surface area contributed by atoms with Crippen molar-refractivity contribution in [2.75, 3.05) is 5.73 Å². The topological polar surface area (TPSA) is 85.8 Å². The van der Waals surface area contributed by atoms with Gasteiger partial charge in [-0.2, -0.15) is 0 Å². The molecule has 3 heterocycles. The number of imidazole rings is 1. The van der Waals surface area contributed by atoms with Gasteiger partial charge in [0.1, 0.15) is 28.5 Å². The lowest BCUT2D eigenvalue weighted by Gasteiger charge is -2.39. The fourth-order valence-electron chi connectivity index (χ4n) is 5.17. The number of halogens is 2. The predicted octanol–water partition coefficient (Wildman–Crippen LogP) is 5.75. The van der Waals surface area contributed by atoms with Crippen molar-refractivity contribution in [2.45, 2.75) is 84.9 Å². The smallest absolute Gasteiger partial charge is 0.261 e. The molecule has 1 aliphatic heterocycles. The fourth-order valence-corrected chi connectivity index (χ4v) is 5.38. The summed E-state index contributed by atoms with van der Waals surface area (Å²) in [7, 11) is 0. The molecule has 3 aromatic rings. The van der Waals surface area contributed by atoms with Crippen LogP contribution < -0.4 is 10.5 Å². The molecule has 0 radical (unpaired) electrons. The normalized spacial score (nSPS) is 19.4. The molecule has 0 aliphatic carbocycles. The number of aryl methyl sites for hydroxylation is 1. The lowest BCUT2D eigenvalue weighted by molar-refractivity contribution is 0.0499. The molecule has 0 bridgehead atoms. The van der Waals surface area contributed by atoms with Gasteiger partial charge in [0.15, 0.2) is 5.82 Å². The Labute approximate surface area is 210 Å². The average molecular weight is 502 g/mol. The van der Waals surface area contributed by atoms with Gasteiger partial charge < -0.3 is 15.4 Å². The first-order chi connectivity index (χ1) is 16.5. The van der Waals surface area contributed by atoms with Crippen LogP contribution in [0.15, 0.2) is 18.5 Å². The zero-order chi connectivity index (χ0) is 25.6. The highest BCUT2D eigenvalue weighted by molar-refractivity contribution is 6.31. The summed E-state index contributed by atoms with van der Waals surface area (Å²) in [5.74, 6) is -0.290. The van der Waals surface area contributed by atoms with Crippen LogP contribution in [0, 0.1) is 12.7 Å². The Kier molecular flexibility index (Phi) is 6.95. The van der Waals surface area contributed by atoms with Crippen molar-refractivity contribution in [1.82, 2.24) is 19.3 Å². The van der Waals surface area contributed by atoms with E-state index in [0.717, 1.165) is 25.0 Å². The third-order valence-electron chi connectivity index (χ3n) is 6.83. The number of carbonyl (C=O) groups is 1. The number of fused-ring (bicyclic) bond motifs is 1. The van der Waals surface area contributed by atoms with Crippen molar-refractivity contribution in [1.29, 1.82) is 0 Å². The van der Waals surface area contributed by atoms with Gasteiger partial charge in [-0.25, -0.2) is 14.4 Å². The second-order valence-electron chi connectivity index (χ2n) is 9.78. The largest absolute Gasteiger partial charge is 0.490 e. The minimum Gasteiger partial charge on any atom is -0.490 e. The summed E-state index contributed by atoms with van der Waals surface area (Å²) >= 11 is 6.40. The van der Waals surface area contributed by atoms with Gasteiger partial charge >= 0.3 is 0 Å². The maximum atomic E-state index is 15.6. The Morgan fingerprint density at radius 3 is 2.54 bits per heavy atom. The van der Waals surface area contributed by atoms with Crippen LogP contribution in [0.2, 0.25) is 5.02 Å². The summed E-state index contributed by atoms with van der Waals surface area (Å²) in [4.78, 5) is 24.5. The van der Waals surface area contributed by atoms with Crippen LogP contribution in [0.4, 0.5) is 10.2 Å². The van der Waals surface area contributed by atoms with Gasteiger partial charge in [-0.15, -0.1) is 0 Å². The number of likely N-dealkylation sites (tertiary alicyclic amines) is 1. The number of nitrogen functional groups attached to an aromatic ring is 1. The minimum atomic E-state index is -0.758. The van der Waals surface area contributed by atoms with E-state index in [0.29, 0.717) is 22.7 Å². The van der Waals surface area contributed by atoms with Gasteiger partial charge in [0.25, 0.3) is 5.91 Å². The highest BCUT2D eigenvalue weighted by Crippen LogP contribution is 2.41. The van der Waals surface area contributed by atoms with E-state index in [9.17, 15) is 4.79 Å². The third-order valence-corrected chi connectivity index (χ3v) is 7.11. The molecule has 9 heteroatoms. The lowest BCUT2D eigenvalue weighted by atomic mass is 9.93. The van der Waals surface area contributed by atoms with Crippen LogP contribution in [-0.4, -0.2) is 43.4 Å². The van der Waals surface area contributed by atoms with Gasteiger partial charge in [0.2, 0.25) is 0 Å². The van der Waals surface area contributed by atoms with E-state index in [1.54, 1.807) is 23.4 Å². The summed E-state index contributed by atoms with van der Waals surface area (Å²) in [6.07, 6.45) is 5.88. The van der Waals surface area contributed by atoms with Gasteiger partial charge in [0, 0.05) is 36.0 Å². The number of ether oxygens (including phenoxy) is 1. The molecule has 1 aliphatic rings. The number of nitrogens with two attached hydrogens (primary N) is 1. The molecule has 2 aromatic heterocycles. The van der Waals surface area contributed by atoms with Crippen molar-refractivity contribution in [3.63, 3.8) is 0 Å². The zero-order valence-electron chi connectivity index (χ0n) is 21.1. The summed E-state index contributed by atoms with van der Waals surface area (Å²) in [6, 6.07) is 1.53. The lowest BCUT2D eigenvalue weighted by Crippen LogP contribution is -2.48. The number of hydrogen-bond acceptors (Lipinski definition) is 5. The molecule has 7 nitrogen and oxygen atoms in total. The maximum absolute atomic E-state index is 15.6. The van der Waals surface area contributed by atoms with Crippen LogP contribution in [0.3, 0.4) is 0 Å². The molecule has 1 aromatic carbocycles. The molecular weight excluding hydrogens is 469 g/mol. The number of nitrogens with zero attached hydrogens (tertiary/aromatic N) is 4. The Morgan fingerprint density at radius 1 is 1.26 bits per heavy atom. The number of hydrogen-bond donors (Lipinski definition) is 1. The summed E-state index contributed by atoms with van der Waals surface area (Å²) in [5, 5.41) is -0.123. The van der Waals surface area contributed by atoms with Crippen molar-refractivity contribution in [2.24, 2.45) is 0 Å². The van der Waals surface area contributed by atoms with E-state index in [1.165, 1.54) is 0 Å². The van der Waals surface area contributed by atoms with Crippen molar-refractivity contribution >= 4 is 28.8 Å². The molecule has 188 valence electrons. The van der Waals surface area contributed by atoms with Gasteiger partial charge in [-0.05, 0) is 59.9 Å². The van der Waals surface area contributed by atoms with Gasteiger partial charge in [-0.3, -0.25) is 9.20 Å². The molecule has 4 rings (SSSR count).